The zero-order chi connectivity index (χ0) is 14.4. The second-order valence-corrected chi connectivity index (χ2v) is 5.64. The van der Waals surface area contributed by atoms with Gasteiger partial charge in [-0.3, -0.25) is 4.79 Å². The molecule has 3 nitrogen and oxygen atoms in total. The monoisotopic (exact) mass is 274 g/mol. The molecular formula is C17H26N2O. The van der Waals surface area contributed by atoms with Crippen molar-refractivity contribution in [1.82, 2.24) is 10.2 Å². The van der Waals surface area contributed by atoms with Crippen LogP contribution in [0.5, 0.6) is 0 Å². The summed E-state index contributed by atoms with van der Waals surface area (Å²) in [4.78, 5) is 14.5. The van der Waals surface area contributed by atoms with E-state index in [9.17, 15) is 4.79 Å². The minimum absolute atomic E-state index is 0.200. The first-order chi connectivity index (χ1) is 9.74. The van der Waals surface area contributed by atoms with Gasteiger partial charge in [0.25, 0.3) is 0 Å². The fourth-order valence-corrected chi connectivity index (χ4v) is 2.96. The van der Waals surface area contributed by atoms with E-state index in [1.54, 1.807) is 0 Å². The van der Waals surface area contributed by atoms with Crippen molar-refractivity contribution in [2.45, 2.75) is 39.2 Å². The third-order valence-corrected chi connectivity index (χ3v) is 4.23. The van der Waals surface area contributed by atoms with Crippen molar-refractivity contribution in [1.29, 1.82) is 0 Å². The summed E-state index contributed by atoms with van der Waals surface area (Å²) in [7, 11) is 0. The van der Waals surface area contributed by atoms with Gasteiger partial charge in [0, 0.05) is 31.6 Å². The SMILES string of the molecule is CCC(CC)C(=O)N1CCNC(Cc2ccccc2)C1. The predicted molar refractivity (Wildman–Crippen MR) is 82.6 cm³/mol. The topological polar surface area (TPSA) is 32.3 Å². The molecule has 0 saturated carbocycles. The van der Waals surface area contributed by atoms with Crippen LogP contribution in [0.4, 0.5) is 0 Å². The molecule has 110 valence electrons. The Bertz CT molecular complexity index is 414. The third-order valence-electron chi connectivity index (χ3n) is 4.23. The number of hydrogen-bond acceptors (Lipinski definition) is 2. The number of benzene rings is 1. The summed E-state index contributed by atoms with van der Waals surface area (Å²) in [6.45, 7) is 6.81. The summed E-state index contributed by atoms with van der Waals surface area (Å²) >= 11 is 0. The van der Waals surface area contributed by atoms with Crippen LogP contribution >= 0.6 is 0 Å². The van der Waals surface area contributed by atoms with Gasteiger partial charge in [-0.2, -0.15) is 0 Å². The van der Waals surface area contributed by atoms with Gasteiger partial charge < -0.3 is 10.2 Å². The van der Waals surface area contributed by atoms with Crippen LogP contribution in [0.1, 0.15) is 32.3 Å². The summed E-state index contributed by atoms with van der Waals surface area (Å²) < 4.78 is 0. The number of carbonyl (C=O) groups is 1. The predicted octanol–water partition coefficient (Wildman–Crippen LogP) is 2.47. The molecule has 1 aromatic rings. The first kappa shape index (κ1) is 15.0. The molecule has 1 aliphatic heterocycles. The van der Waals surface area contributed by atoms with Crippen LogP contribution in [0.15, 0.2) is 30.3 Å². The molecule has 3 heteroatoms. The van der Waals surface area contributed by atoms with Crippen LogP contribution in [0.25, 0.3) is 0 Å². The van der Waals surface area contributed by atoms with E-state index in [4.69, 9.17) is 0 Å². The summed E-state index contributed by atoms with van der Waals surface area (Å²) in [6, 6.07) is 10.9. The average molecular weight is 274 g/mol. The minimum Gasteiger partial charge on any atom is -0.340 e. The maximum Gasteiger partial charge on any atom is 0.225 e. The number of nitrogens with one attached hydrogen (secondary N) is 1. The quantitative estimate of drug-likeness (QED) is 0.894. The zero-order valence-corrected chi connectivity index (χ0v) is 12.6. The van der Waals surface area contributed by atoms with Gasteiger partial charge in [-0.05, 0) is 24.8 Å². The number of carbonyl (C=O) groups excluding carboxylic acids is 1. The average Bonchev–Trinajstić information content (AvgIpc) is 2.49. The van der Waals surface area contributed by atoms with Gasteiger partial charge in [0.2, 0.25) is 5.91 Å². The van der Waals surface area contributed by atoms with E-state index in [1.807, 2.05) is 6.07 Å². The normalized spacial score (nSPS) is 19.4. The molecule has 0 radical (unpaired) electrons. The van der Waals surface area contributed by atoms with E-state index in [0.29, 0.717) is 11.9 Å². The van der Waals surface area contributed by atoms with Gasteiger partial charge in [0.15, 0.2) is 0 Å². The van der Waals surface area contributed by atoms with Gasteiger partial charge in [0.05, 0.1) is 0 Å². The van der Waals surface area contributed by atoms with Crippen molar-refractivity contribution in [3.8, 4) is 0 Å². The zero-order valence-electron chi connectivity index (χ0n) is 12.6. The summed E-state index contributed by atoms with van der Waals surface area (Å²) in [6.07, 6.45) is 2.89. The smallest absolute Gasteiger partial charge is 0.225 e. The molecule has 1 aromatic carbocycles. The molecule has 1 amide bonds. The van der Waals surface area contributed by atoms with Gasteiger partial charge in [-0.15, -0.1) is 0 Å². The Morgan fingerprint density at radius 3 is 2.65 bits per heavy atom. The Balaban J connectivity index is 1.93. The second-order valence-electron chi connectivity index (χ2n) is 5.64. The van der Waals surface area contributed by atoms with Crippen molar-refractivity contribution >= 4 is 5.91 Å². The molecule has 0 aromatic heterocycles. The highest BCUT2D eigenvalue weighted by Crippen LogP contribution is 2.15. The summed E-state index contributed by atoms with van der Waals surface area (Å²) in [5.41, 5.74) is 1.34. The molecule has 0 spiro atoms. The maximum absolute atomic E-state index is 12.5. The molecule has 1 unspecified atom stereocenters. The van der Waals surface area contributed by atoms with Crippen LogP contribution in [-0.4, -0.2) is 36.5 Å². The first-order valence-corrected chi connectivity index (χ1v) is 7.80. The molecule has 2 rings (SSSR count). The van der Waals surface area contributed by atoms with E-state index in [-0.39, 0.29) is 5.92 Å². The molecule has 1 heterocycles. The van der Waals surface area contributed by atoms with Crippen LogP contribution in [0, 0.1) is 5.92 Å². The third kappa shape index (κ3) is 3.83. The van der Waals surface area contributed by atoms with E-state index in [1.165, 1.54) is 5.56 Å². The molecule has 1 aliphatic rings. The summed E-state index contributed by atoms with van der Waals surface area (Å²) in [5, 5.41) is 3.53. The number of hydrogen-bond donors (Lipinski definition) is 1. The van der Waals surface area contributed by atoms with Crippen molar-refractivity contribution in [3.05, 3.63) is 35.9 Å². The number of amides is 1. The lowest BCUT2D eigenvalue weighted by Crippen LogP contribution is -2.54. The lowest BCUT2D eigenvalue weighted by molar-refractivity contribution is -0.137. The molecule has 20 heavy (non-hydrogen) atoms. The molecular weight excluding hydrogens is 248 g/mol. The first-order valence-electron chi connectivity index (χ1n) is 7.80. The van der Waals surface area contributed by atoms with Gasteiger partial charge in [0.1, 0.15) is 0 Å². The van der Waals surface area contributed by atoms with Crippen LogP contribution in [-0.2, 0) is 11.2 Å². The highest BCUT2D eigenvalue weighted by Gasteiger charge is 2.26. The van der Waals surface area contributed by atoms with E-state index >= 15 is 0 Å². The van der Waals surface area contributed by atoms with Crippen LogP contribution in [0.2, 0.25) is 0 Å². The molecule has 1 saturated heterocycles. The maximum atomic E-state index is 12.5. The standard InChI is InChI=1S/C17H26N2O/c1-3-15(4-2)17(20)19-11-10-18-16(13-19)12-14-8-6-5-7-9-14/h5-9,15-16,18H,3-4,10-13H2,1-2H3. The highest BCUT2D eigenvalue weighted by molar-refractivity contribution is 5.78. The van der Waals surface area contributed by atoms with E-state index in [2.05, 4.69) is 48.3 Å². The lowest BCUT2D eigenvalue weighted by atomic mass is 9.99. The van der Waals surface area contributed by atoms with Crippen molar-refractivity contribution in [3.63, 3.8) is 0 Å². The minimum atomic E-state index is 0.200. The molecule has 1 fully saturated rings. The van der Waals surface area contributed by atoms with Crippen molar-refractivity contribution in [2.75, 3.05) is 19.6 Å². The second kappa shape index (κ2) is 7.44. The number of rotatable bonds is 5. The van der Waals surface area contributed by atoms with Crippen LogP contribution in [0.3, 0.4) is 0 Å². The van der Waals surface area contributed by atoms with Gasteiger partial charge >= 0.3 is 0 Å². The van der Waals surface area contributed by atoms with E-state index < -0.39 is 0 Å². The Hall–Kier alpha value is -1.35. The fourth-order valence-electron chi connectivity index (χ4n) is 2.96. The van der Waals surface area contributed by atoms with Gasteiger partial charge in [-0.1, -0.05) is 44.2 Å². The van der Waals surface area contributed by atoms with Crippen molar-refractivity contribution in [2.24, 2.45) is 5.92 Å². The lowest BCUT2D eigenvalue weighted by Gasteiger charge is -2.35. The Morgan fingerprint density at radius 1 is 1.30 bits per heavy atom. The molecule has 0 bridgehead atoms. The van der Waals surface area contributed by atoms with Crippen LogP contribution < -0.4 is 5.32 Å². The molecule has 1 N–H and O–H groups in total. The Morgan fingerprint density at radius 2 is 2.00 bits per heavy atom. The fraction of sp³-hybridized carbons (Fsp3) is 0.588. The summed E-state index contributed by atoms with van der Waals surface area (Å²) in [5.74, 6) is 0.542. The number of piperazine rings is 1. The Kier molecular flexibility index (Phi) is 5.60. The number of nitrogens with zero attached hydrogens (tertiary/aromatic N) is 1. The van der Waals surface area contributed by atoms with Gasteiger partial charge in [-0.25, -0.2) is 0 Å². The molecule has 0 aliphatic carbocycles. The highest BCUT2D eigenvalue weighted by atomic mass is 16.2. The van der Waals surface area contributed by atoms with Crippen molar-refractivity contribution < 1.29 is 4.79 Å². The largest absolute Gasteiger partial charge is 0.340 e. The molecule has 1 atom stereocenters. The van der Waals surface area contributed by atoms with E-state index in [0.717, 1.165) is 38.9 Å². The Labute approximate surface area is 122 Å².